The third kappa shape index (κ3) is 6.95. The average Bonchev–Trinajstić information content (AvgIpc) is 2.96. The van der Waals surface area contributed by atoms with Crippen LogP contribution in [0.3, 0.4) is 0 Å². The number of aliphatic hydroxyl groups is 1. The zero-order valence-electron chi connectivity index (χ0n) is 25.8. The van der Waals surface area contributed by atoms with E-state index in [1.807, 2.05) is 19.1 Å². The first-order valence-electron chi connectivity index (χ1n) is 15.1. The Morgan fingerprint density at radius 3 is 2.26 bits per heavy atom. The molecule has 2 heterocycles. The van der Waals surface area contributed by atoms with E-state index in [9.17, 15) is 27.9 Å². The highest BCUT2D eigenvalue weighted by molar-refractivity contribution is 5.95. The first kappa shape index (κ1) is 32.6. The van der Waals surface area contributed by atoms with Crippen LogP contribution in [0.15, 0.2) is 42.5 Å². The molecule has 1 unspecified atom stereocenters. The first-order valence-corrected chi connectivity index (χ1v) is 15.1. The molecule has 2 aliphatic heterocycles. The van der Waals surface area contributed by atoms with E-state index in [1.165, 1.54) is 12.1 Å². The van der Waals surface area contributed by atoms with Gasteiger partial charge in [-0.1, -0.05) is 19.1 Å². The molecular weight excluding hydrogens is 559 g/mol. The lowest BCUT2D eigenvalue weighted by atomic mass is 9.71. The molecule has 2 aliphatic rings. The number of anilines is 1. The van der Waals surface area contributed by atoms with Gasteiger partial charge in [0.1, 0.15) is 5.75 Å². The maximum Gasteiger partial charge on any atom is 0.430 e. The topological polar surface area (TPSA) is 73.3 Å². The highest BCUT2D eigenvalue weighted by atomic mass is 19.4. The normalized spacial score (nSPS) is 19.1. The monoisotopic (exact) mass is 603 g/mol. The van der Waals surface area contributed by atoms with Crippen molar-refractivity contribution in [1.82, 2.24) is 9.80 Å². The molecule has 0 aliphatic carbocycles. The van der Waals surface area contributed by atoms with E-state index in [4.69, 9.17) is 4.74 Å². The zero-order valence-corrected chi connectivity index (χ0v) is 25.8. The molecule has 7 nitrogen and oxygen atoms in total. The molecule has 10 heteroatoms. The van der Waals surface area contributed by atoms with Crippen molar-refractivity contribution in [1.29, 1.82) is 0 Å². The summed E-state index contributed by atoms with van der Waals surface area (Å²) < 4.78 is 48.2. The summed E-state index contributed by atoms with van der Waals surface area (Å²) in [5.41, 5.74) is -1.52. The molecule has 0 spiro atoms. The molecule has 1 atom stereocenters. The van der Waals surface area contributed by atoms with Crippen LogP contribution >= 0.6 is 0 Å². The van der Waals surface area contributed by atoms with E-state index >= 15 is 0 Å². The van der Waals surface area contributed by atoms with Crippen LogP contribution in [0.25, 0.3) is 0 Å². The SMILES string of the molecule is CCOc1cccc(C(O)(C(=O)N2CCC(C)(CC3CCN(c4ccc(C(=O)N(C)C)c(C)c4)CC3)CC2)C(F)(F)F)c1. The molecule has 2 fully saturated rings. The Kier molecular flexibility index (Phi) is 9.69. The number of carbonyl (C=O) groups excluding carboxylic acids is 2. The van der Waals surface area contributed by atoms with Gasteiger partial charge in [-0.15, -0.1) is 0 Å². The van der Waals surface area contributed by atoms with E-state index < -0.39 is 23.2 Å². The number of carbonyl (C=O) groups is 2. The van der Waals surface area contributed by atoms with Crippen molar-refractivity contribution in [3.8, 4) is 5.75 Å². The highest BCUT2D eigenvalue weighted by Gasteiger charge is 2.62. The predicted molar refractivity (Wildman–Crippen MR) is 160 cm³/mol. The van der Waals surface area contributed by atoms with Crippen molar-refractivity contribution in [2.45, 2.75) is 64.7 Å². The second kappa shape index (κ2) is 12.8. The fourth-order valence-electron chi connectivity index (χ4n) is 6.49. The summed E-state index contributed by atoms with van der Waals surface area (Å²) in [6, 6.07) is 11.0. The summed E-state index contributed by atoms with van der Waals surface area (Å²) >= 11 is 0. The molecule has 2 saturated heterocycles. The highest BCUT2D eigenvalue weighted by Crippen LogP contribution is 2.45. The molecule has 0 radical (unpaired) electrons. The van der Waals surface area contributed by atoms with Gasteiger partial charge in [-0.05, 0) is 93.2 Å². The van der Waals surface area contributed by atoms with Crippen molar-refractivity contribution in [2.75, 3.05) is 51.8 Å². The van der Waals surface area contributed by atoms with Crippen LogP contribution in [0, 0.1) is 18.3 Å². The molecule has 2 aromatic rings. The number of likely N-dealkylation sites (tertiary alicyclic amines) is 1. The van der Waals surface area contributed by atoms with Crippen LogP contribution in [-0.4, -0.2) is 79.8 Å². The number of benzene rings is 2. The van der Waals surface area contributed by atoms with Crippen molar-refractivity contribution in [3.05, 3.63) is 59.2 Å². The van der Waals surface area contributed by atoms with Gasteiger partial charge < -0.3 is 24.5 Å². The summed E-state index contributed by atoms with van der Waals surface area (Å²) in [7, 11) is 3.49. The lowest BCUT2D eigenvalue weighted by Crippen LogP contribution is -2.57. The number of hydrogen-bond donors (Lipinski definition) is 1. The third-order valence-corrected chi connectivity index (χ3v) is 9.15. The molecule has 2 aromatic carbocycles. The molecule has 236 valence electrons. The van der Waals surface area contributed by atoms with Crippen LogP contribution in [0.2, 0.25) is 0 Å². The molecule has 43 heavy (non-hydrogen) atoms. The minimum atomic E-state index is -5.19. The van der Waals surface area contributed by atoms with Gasteiger partial charge in [0, 0.05) is 57.1 Å². The van der Waals surface area contributed by atoms with Gasteiger partial charge in [-0.25, -0.2) is 0 Å². The van der Waals surface area contributed by atoms with Crippen LogP contribution in [-0.2, 0) is 10.4 Å². The molecule has 0 bridgehead atoms. The molecular formula is C33H44F3N3O4. The number of aryl methyl sites for hydroxylation is 1. The van der Waals surface area contributed by atoms with Crippen LogP contribution < -0.4 is 9.64 Å². The minimum Gasteiger partial charge on any atom is -0.494 e. The Hall–Kier alpha value is -3.27. The van der Waals surface area contributed by atoms with E-state index in [0.717, 1.165) is 60.6 Å². The molecule has 0 aromatic heterocycles. The second-order valence-corrected chi connectivity index (χ2v) is 12.6. The number of amides is 2. The van der Waals surface area contributed by atoms with Gasteiger partial charge in [0.25, 0.3) is 17.4 Å². The Labute approximate surface area is 252 Å². The van der Waals surface area contributed by atoms with Crippen LogP contribution in [0.4, 0.5) is 18.9 Å². The molecule has 4 rings (SSSR count). The van der Waals surface area contributed by atoms with Gasteiger partial charge in [-0.2, -0.15) is 13.2 Å². The lowest BCUT2D eigenvalue weighted by Gasteiger charge is -2.45. The van der Waals surface area contributed by atoms with E-state index in [1.54, 1.807) is 25.9 Å². The van der Waals surface area contributed by atoms with Crippen molar-refractivity contribution >= 4 is 17.5 Å². The van der Waals surface area contributed by atoms with Crippen LogP contribution in [0.1, 0.15) is 67.4 Å². The average molecular weight is 604 g/mol. The number of nitrogens with zero attached hydrogens (tertiary/aromatic N) is 3. The first-order chi connectivity index (χ1) is 20.2. The Morgan fingerprint density at radius 1 is 1.05 bits per heavy atom. The number of halogens is 3. The summed E-state index contributed by atoms with van der Waals surface area (Å²) in [6.45, 7) is 8.18. The van der Waals surface area contributed by atoms with Gasteiger partial charge in [0.05, 0.1) is 6.61 Å². The fourth-order valence-corrected chi connectivity index (χ4v) is 6.49. The van der Waals surface area contributed by atoms with Crippen LogP contribution in [0.5, 0.6) is 5.75 Å². The summed E-state index contributed by atoms with van der Waals surface area (Å²) in [4.78, 5) is 30.8. The Balaban J connectivity index is 1.35. The van der Waals surface area contributed by atoms with E-state index in [-0.39, 0.29) is 36.8 Å². The maximum absolute atomic E-state index is 14.3. The quantitative estimate of drug-likeness (QED) is 0.414. The lowest BCUT2D eigenvalue weighted by molar-refractivity contribution is -0.262. The number of rotatable bonds is 8. The second-order valence-electron chi connectivity index (χ2n) is 12.6. The number of hydrogen-bond acceptors (Lipinski definition) is 5. The van der Waals surface area contributed by atoms with Crippen molar-refractivity contribution in [3.63, 3.8) is 0 Å². The number of piperidine rings is 2. The largest absolute Gasteiger partial charge is 0.494 e. The fraction of sp³-hybridized carbons (Fsp3) is 0.576. The van der Waals surface area contributed by atoms with E-state index in [0.29, 0.717) is 24.3 Å². The third-order valence-electron chi connectivity index (χ3n) is 9.15. The van der Waals surface area contributed by atoms with Gasteiger partial charge in [0.15, 0.2) is 0 Å². The Morgan fingerprint density at radius 2 is 1.70 bits per heavy atom. The standard InChI is InChI=1S/C33H44F3N3O4/c1-6-43-27-9-7-8-25(21-27)32(42,33(34,35)36)30(41)39-18-14-31(3,15-19-39)22-24-12-16-38(17-13-24)26-10-11-28(23(2)20-26)29(40)37(4)5/h7-11,20-21,24,42H,6,12-19,22H2,1-5H3. The summed E-state index contributed by atoms with van der Waals surface area (Å²) in [5, 5.41) is 10.9. The summed E-state index contributed by atoms with van der Waals surface area (Å²) in [6.07, 6.45) is -1.10. The maximum atomic E-state index is 14.3. The predicted octanol–water partition coefficient (Wildman–Crippen LogP) is 5.78. The smallest absolute Gasteiger partial charge is 0.430 e. The molecule has 0 saturated carbocycles. The van der Waals surface area contributed by atoms with Gasteiger partial charge in [0.2, 0.25) is 0 Å². The minimum absolute atomic E-state index is 0.0115. The zero-order chi connectivity index (χ0) is 31.6. The van der Waals surface area contributed by atoms with Crippen molar-refractivity contribution < 1.29 is 32.6 Å². The van der Waals surface area contributed by atoms with Gasteiger partial charge in [-0.3, -0.25) is 9.59 Å². The molecule has 2 amide bonds. The van der Waals surface area contributed by atoms with Gasteiger partial charge >= 0.3 is 6.18 Å². The number of ether oxygens (including phenoxy) is 1. The number of alkyl halides is 3. The van der Waals surface area contributed by atoms with Crippen molar-refractivity contribution in [2.24, 2.45) is 11.3 Å². The summed E-state index contributed by atoms with van der Waals surface area (Å²) in [5.74, 6) is -0.702. The van der Waals surface area contributed by atoms with E-state index in [2.05, 4.69) is 17.9 Å². The Bertz CT molecular complexity index is 1300. The molecule has 1 N–H and O–H groups in total.